The Morgan fingerprint density at radius 1 is 0.820 bits per heavy atom. The van der Waals surface area contributed by atoms with E-state index in [1.807, 2.05) is 36.0 Å². The smallest absolute Gasteiger partial charge is 0.356 e. The summed E-state index contributed by atoms with van der Waals surface area (Å²) in [4.78, 5) is 41.4. The predicted octanol–water partition coefficient (Wildman–Crippen LogP) is 3.81. The highest BCUT2D eigenvalue weighted by Gasteiger charge is 2.16. The van der Waals surface area contributed by atoms with Crippen molar-refractivity contribution in [1.82, 2.24) is 19.8 Å². The third-order valence-electron chi connectivity index (χ3n) is 7.69. The highest BCUT2D eigenvalue weighted by Crippen LogP contribution is 2.12. The van der Waals surface area contributed by atoms with Crippen LogP contribution in [0.15, 0.2) is 41.4 Å². The number of aromatic nitrogens is 2. The number of esters is 2. The van der Waals surface area contributed by atoms with E-state index in [1.165, 1.54) is 14.2 Å². The van der Waals surface area contributed by atoms with Crippen molar-refractivity contribution in [3.63, 3.8) is 0 Å². The fourth-order valence-corrected chi connectivity index (χ4v) is 6.13. The first kappa shape index (κ1) is 41.6. The van der Waals surface area contributed by atoms with Crippen LogP contribution in [0.1, 0.15) is 51.6 Å². The van der Waals surface area contributed by atoms with Crippen molar-refractivity contribution < 1.29 is 38.0 Å². The Kier molecular flexibility index (Phi) is 21.6. The van der Waals surface area contributed by atoms with Crippen LogP contribution in [-0.4, -0.2) is 148 Å². The van der Waals surface area contributed by atoms with Crippen LogP contribution in [-0.2, 0) is 41.5 Å². The molecule has 1 fully saturated rings. The average Bonchev–Trinajstić information content (AvgIpc) is 3.14. The van der Waals surface area contributed by atoms with Gasteiger partial charge < -0.3 is 28.4 Å². The molecule has 1 aliphatic heterocycles. The van der Waals surface area contributed by atoms with E-state index in [0.717, 1.165) is 48.7 Å². The van der Waals surface area contributed by atoms with Crippen molar-refractivity contribution in [2.75, 3.05) is 105 Å². The van der Waals surface area contributed by atoms with Gasteiger partial charge in [-0.3, -0.25) is 9.80 Å². The first-order valence-corrected chi connectivity index (χ1v) is 18.6. The third kappa shape index (κ3) is 17.4. The van der Waals surface area contributed by atoms with E-state index in [4.69, 9.17) is 28.4 Å². The van der Waals surface area contributed by atoms with Gasteiger partial charge in [0.2, 0.25) is 0 Å². The maximum Gasteiger partial charge on any atom is 0.356 e. The zero-order chi connectivity index (χ0) is 35.7. The molecule has 0 N–H and O–H groups in total. The first-order valence-electron chi connectivity index (χ1n) is 17.0. The fourth-order valence-electron chi connectivity index (χ4n) is 5.01. The predicted molar refractivity (Wildman–Crippen MR) is 195 cm³/mol. The van der Waals surface area contributed by atoms with Crippen LogP contribution >= 0.6 is 24.0 Å². The summed E-state index contributed by atoms with van der Waals surface area (Å²) in [5, 5.41) is 2.42. The summed E-state index contributed by atoms with van der Waals surface area (Å²) in [6, 6.07) is 10.7. The van der Waals surface area contributed by atoms with E-state index in [9.17, 15) is 9.59 Å². The molecule has 0 amide bonds. The average molecular weight is 734 g/mol. The zero-order valence-corrected chi connectivity index (χ0v) is 30.9. The number of unbranched alkanes of at least 4 members (excludes halogenated alkanes) is 2. The van der Waals surface area contributed by atoms with E-state index in [2.05, 4.69) is 42.1 Å². The minimum Gasteiger partial charge on any atom is -0.464 e. The van der Waals surface area contributed by atoms with Crippen molar-refractivity contribution in [2.45, 2.75) is 38.5 Å². The molecule has 0 saturated carbocycles. The molecular formula is C35H51N5O8S2. The lowest BCUT2D eigenvalue weighted by Gasteiger charge is -2.25. The summed E-state index contributed by atoms with van der Waals surface area (Å²) in [6.45, 7) is 7.81. The number of isothiocyanates is 1. The van der Waals surface area contributed by atoms with Crippen LogP contribution in [0.5, 0.6) is 0 Å². The summed E-state index contributed by atoms with van der Waals surface area (Å²) in [7, 11) is 2.70. The van der Waals surface area contributed by atoms with Crippen molar-refractivity contribution >= 4 is 41.1 Å². The second kappa shape index (κ2) is 26.0. The number of pyridine rings is 2. The number of thioether (sulfide) groups is 1. The van der Waals surface area contributed by atoms with Crippen LogP contribution in [0, 0.1) is 0 Å². The molecule has 3 rings (SSSR count). The van der Waals surface area contributed by atoms with Gasteiger partial charge in [-0.1, -0.05) is 18.6 Å². The number of methoxy groups -OCH3 is 2. The van der Waals surface area contributed by atoms with Crippen molar-refractivity contribution in [1.29, 1.82) is 0 Å². The van der Waals surface area contributed by atoms with E-state index >= 15 is 0 Å². The number of rotatable bonds is 14. The van der Waals surface area contributed by atoms with E-state index in [-0.39, 0.29) is 17.5 Å². The Hall–Kier alpha value is -2.85. The molecule has 0 aromatic carbocycles. The lowest BCUT2D eigenvalue weighted by molar-refractivity contribution is -0.0238. The van der Waals surface area contributed by atoms with Gasteiger partial charge in [0.1, 0.15) is 11.4 Å². The summed E-state index contributed by atoms with van der Waals surface area (Å²) >= 11 is 6.51. The molecule has 13 nitrogen and oxygen atoms in total. The maximum atomic E-state index is 12.0. The second-order valence-corrected chi connectivity index (χ2v) is 12.8. The molecule has 2 aromatic heterocycles. The van der Waals surface area contributed by atoms with Gasteiger partial charge in [0.25, 0.3) is 0 Å². The zero-order valence-electron chi connectivity index (χ0n) is 29.3. The summed E-state index contributed by atoms with van der Waals surface area (Å²) < 4.78 is 34.1. The highest BCUT2D eigenvalue weighted by atomic mass is 32.2. The van der Waals surface area contributed by atoms with Crippen molar-refractivity contribution in [2.24, 2.45) is 4.99 Å². The minimum atomic E-state index is -0.463. The number of thiocarbonyl (C=S) groups is 1. The normalized spacial score (nSPS) is 17.9. The molecule has 0 spiro atoms. The van der Waals surface area contributed by atoms with E-state index < -0.39 is 11.9 Å². The summed E-state index contributed by atoms with van der Waals surface area (Å²) in [6.07, 6.45) is 3.11. The Morgan fingerprint density at radius 2 is 1.38 bits per heavy atom. The van der Waals surface area contributed by atoms with Crippen LogP contribution in [0.25, 0.3) is 0 Å². The molecule has 3 heterocycles. The van der Waals surface area contributed by atoms with Crippen LogP contribution in [0.3, 0.4) is 0 Å². The molecule has 1 aliphatic rings. The fraction of sp³-hybridized carbons (Fsp3) is 0.629. The summed E-state index contributed by atoms with van der Waals surface area (Å²) in [5.74, 6) is 0.911. The van der Waals surface area contributed by atoms with Crippen molar-refractivity contribution in [3.05, 3.63) is 59.2 Å². The first-order chi connectivity index (χ1) is 24.5. The topological polar surface area (TPSA) is 134 Å². The molecule has 276 valence electrons. The molecule has 0 unspecified atom stereocenters. The second-order valence-electron chi connectivity index (χ2n) is 11.5. The molecule has 0 bridgehead atoms. The Balaban J connectivity index is 1.61. The third-order valence-corrected chi connectivity index (χ3v) is 9.01. The molecular weight excluding hydrogens is 683 g/mol. The monoisotopic (exact) mass is 733 g/mol. The number of carbonyl (C=O) groups excluding carboxylic acids is 2. The van der Waals surface area contributed by atoms with Gasteiger partial charge in [0, 0.05) is 51.6 Å². The van der Waals surface area contributed by atoms with Crippen LogP contribution in [0.4, 0.5) is 0 Å². The quantitative estimate of drug-likeness (QED) is 0.121. The largest absolute Gasteiger partial charge is 0.464 e. The number of ether oxygens (including phenoxy) is 6. The number of hydrogen-bond donors (Lipinski definition) is 0. The molecule has 0 aliphatic carbocycles. The highest BCUT2D eigenvalue weighted by molar-refractivity contribution is 7.99. The van der Waals surface area contributed by atoms with Gasteiger partial charge in [0.15, 0.2) is 0 Å². The number of nitrogens with zero attached hydrogens (tertiary/aromatic N) is 5. The van der Waals surface area contributed by atoms with Gasteiger partial charge in [-0.05, 0) is 55.1 Å². The maximum absolute atomic E-state index is 12.0. The number of hydrogen-bond acceptors (Lipinski definition) is 15. The molecule has 2 aromatic rings. The Morgan fingerprint density at radius 3 is 1.94 bits per heavy atom. The summed E-state index contributed by atoms with van der Waals surface area (Å²) in [5.41, 5.74) is 2.09. The molecule has 1 atom stereocenters. The lowest BCUT2D eigenvalue weighted by atomic mass is 10.2. The van der Waals surface area contributed by atoms with Gasteiger partial charge in [-0.2, -0.15) is 11.8 Å². The van der Waals surface area contributed by atoms with Crippen LogP contribution in [0.2, 0.25) is 0 Å². The van der Waals surface area contributed by atoms with Gasteiger partial charge in [-0.15, -0.1) is 0 Å². The minimum absolute atomic E-state index is 0.0904. The van der Waals surface area contributed by atoms with Gasteiger partial charge in [-0.25, -0.2) is 24.5 Å². The molecule has 1 saturated heterocycles. The standard InChI is InChI=1S/C35H51N5O8S2/c1-43-34(41)32-10-6-8-29(37-32)24-39-13-17-45-21-22-46-18-14-40(25-30-9-7-11-33(38-30)35(42)44-2)16-20-48-31(26-47-19-15-39)27-50-23-5-3-4-12-36-28-49/h6-11,31H,3-5,12-27H2,1-2H3/t31-/m0/s1. The van der Waals surface area contributed by atoms with Crippen molar-refractivity contribution in [3.8, 4) is 0 Å². The molecule has 0 radical (unpaired) electrons. The van der Waals surface area contributed by atoms with E-state index in [0.29, 0.717) is 85.5 Å². The number of carbonyl (C=O) groups is 2. The SMILES string of the molecule is COC(=O)c1cccc(CN2CCOCCOCCN(Cc3cccc(C(=O)OC)n3)CCO[C@H](CSCCCCCN=C=S)COCC2)n1. The van der Waals surface area contributed by atoms with Gasteiger partial charge >= 0.3 is 11.9 Å². The number of aliphatic imine (C=N–C) groups is 1. The molecule has 15 heteroatoms. The Labute approximate surface area is 305 Å². The van der Waals surface area contributed by atoms with E-state index in [1.54, 1.807) is 12.1 Å². The Bertz CT molecular complexity index is 1320. The lowest BCUT2D eigenvalue weighted by Crippen LogP contribution is -2.35. The molecule has 50 heavy (non-hydrogen) atoms. The van der Waals surface area contributed by atoms with Crippen LogP contribution < -0.4 is 0 Å². The van der Waals surface area contributed by atoms with Gasteiger partial charge in [0.05, 0.1) is 83.1 Å².